The van der Waals surface area contributed by atoms with E-state index in [1.54, 1.807) is 23.9 Å². The second kappa shape index (κ2) is 6.23. The summed E-state index contributed by atoms with van der Waals surface area (Å²) in [6.45, 7) is 5.84. The lowest BCUT2D eigenvalue weighted by atomic mass is 10.1. The largest absolute Gasteiger partial charge is 0.361 e. The monoisotopic (exact) mass is 266 g/mol. The molecular weight excluding hydrogens is 247 g/mol. The van der Waals surface area contributed by atoms with Crippen molar-refractivity contribution in [1.29, 1.82) is 0 Å². The summed E-state index contributed by atoms with van der Waals surface area (Å²) >= 11 is 1.78. The van der Waals surface area contributed by atoms with Crippen molar-refractivity contribution in [3.8, 4) is 0 Å². The molecule has 1 atom stereocenters. The molecule has 1 unspecified atom stereocenters. The molecule has 0 bridgehead atoms. The first kappa shape index (κ1) is 13.4. The highest BCUT2D eigenvalue weighted by Crippen LogP contribution is 2.25. The van der Waals surface area contributed by atoms with Gasteiger partial charge in [-0.3, -0.25) is 4.99 Å². The maximum Gasteiger partial charge on any atom is 0.157 e. The second-order valence-corrected chi connectivity index (χ2v) is 6.25. The van der Waals surface area contributed by atoms with Crippen LogP contribution in [-0.4, -0.2) is 17.0 Å². The van der Waals surface area contributed by atoms with Gasteiger partial charge in [-0.25, -0.2) is 4.39 Å². The SMILES string of the molecule is CC(C)CC1CN=C(NCc2ccccc2F)S1. The standard InChI is InChI=1S/C14H19FN2S/c1-10(2)7-12-9-17-14(18-12)16-8-11-5-3-4-6-13(11)15/h3-6,10,12H,7-9H2,1-2H3,(H,16,17). The van der Waals surface area contributed by atoms with Crippen molar-refractivity contribution >= 4 is 16.9 Å². The van der Waals surface area contributed by atoms with Crippen LogP contribution in [0.15, 0.2) is 29.3 Å². The maximum atomic E-state index is 13.4. The van der Waals surface area contributed by atoms with Crippen molar-refractivity contribution in [2.75, 3.05) is 6.54 Å². The fourth-order valence-corrected chi connectivity index (χ4v) is 3.23. The summed E-state index contributed by atoms with van der Waals surface area (Å²) in [6.07, 6.45) is 1.18. The molecule has 0 spiro atoms. The summed E-state index contributed by atoms with van der Waals surface area (Å²) in [4.78, 5) is 4.46. The lowest BCUT2D eigenvalue weighted by Crippen LogP contribution is -2.19. The number of nitrogens with one attached hydrogen (secondary N) is 1. The minimum Gasteiger partial charge on any atom is -0.361 e. The molecule has 0 amide bonds. The van der Waals surface area contributed by atoms with E-state index in [9.17, 15) is 4.39 Å². The number of halogens is 1. The fourth-order valence-electron chi connectivity index (χ4n) is 1.98. The average molecular weight is 266 g/mol. The topological polar surface area (TPSA) is 24.4 Å². The van der Waals surface area contributed by atoms with Crippen molar-refractivity contribution in [2.24, 2.45) is 10.9 Å². The van der Waals surface area contributed by atoms with Gasteiger partial charge in [0.2, 0.25) is 0 Å². The Labute approximate surface area is 112 Å². The van der Waals surface area contributed by atoms with Crippen molar-refractivity contribution in [3.05, 3.63) is 35.6 Å². The Balaban J connectivity index is 1.80. The highest BCUT2D eigenvalue weighted by Gasteiger charge is 2.20. The molecule has 0 saturated heterocycles. The van der Waals surface area contributed by atoms with Crippen molar-refractivity contribution in [2.45, 2.75) is 32.1 Å². The first-order chi connectivity index (χ1) is 8.65. The molecule has 2 rings (SSSR count). The molecule has 0 radical (unpaired) electrons. The first-order valence-electron chi connectivity index (χ1n) is 6.33. The number of hydrogen-bond donors (Lipinski definition) is 1. The van der Waals surface area contributed by atoms with Gasteiger partial charge in [0.05, 0.1) is 6.54 Å². The molecule has 2 nitrogen and oxygen atoms in total. The maximum absolute atomic E-state index is 13.4. The van der Waals surface area contributed by atoms with Gasteiger partial charge in [-0.1, -0.05) is 43.8 Å². The lowest BCUT2D eigenvalue weighted by molar-refractivity contribution is 0.575. The number of rotatable bonds is 4. The molecule has 0 aliphatic carbocycles. The van der Waals surface area contributed by atoms with Gasteiger partial charge in [0.25, 0.3) is 0 Å². The normalized spacial score (nSPS) is 19.1. The zero-order valence-electron chi connectivity index (χ0n) is 10.8. The lowest BCUT2D eigenvalue weighted by Gasteiger charge is -2.11. The van der Waals surface area contributed by atoms with E-state index in [-0.39, 0.29) is 5.82 Å². The molecule has 0 fully saturated rings. The minimum absolute atomic E-state index is 0.160. The Bertz CT molecular complexity index is 432. The number of hydrogen-bond acceptors (Lipinski definition) is 3. The van der Waals surface area contributed by atoms with Crippen LogP contribution in [-0.2, 0) is 6.54 Å². The van der Waals surface area contributed by atoms with Gasteiger partial charge in [0.15, 0.2) is 5.17 Å². The van der Waals surface area contributed by atoms with E-state index in [1.807, 2.05) is 6.07 Å². The van der Waals surface area contributed by atoms with Crippen LogP contribution < -0.4 is 5.32 Å². The van der Waals surface area contributed by atoms with E-state index >= 15 is 0 Å². The number of aliphatic imine (C=N–C) groups is 1. The Morgan fingerprint density at radius 1 is 1.44 bits per heavy atom. The molecule has 1 aromatic carbocycles. The molecule has 18 heavy (non-hydrogen) atoms. The molecule has 1 aliphatic heterocycles. The predicted octanol–water partition coefficient (Wildman–Crippen LogP) is 3.43. The third-order valence-corrected chi connectivity index (χ3v) is 4.01. The molecule has 0 saturated carbocycles. The van der Waals surface area contributed by atoms with Gasteiger partial charge >= 0.3 is 0 Å². The van der Waals surface area contributed by atoms with Crippen LogP contribution in [0.4, 0.5) is 4.39 Å². The molecule has 1 heterocycles. The zero-order chi connectivity index (χ0) is 13.0. The van der Waals surface area contributed by atoms with Crippen LogP contribution in [0.3, 0.4) is 0 Å². The van der Waals surface area contributed by atoms with Crippen LogP contribution >= 0.6 is 11.8 Å². The Morgan fingerprint density at radius 3 is 2.94 bits per heavy atom. The number of nitrogens with zero attached hydrogens (tertiary/aromatic N) is 1. The van der Waals surface area contributed by atoms with Gasteiger partial charge < -0.3 is 5.32 Å². The van der Waals surface area contributed by atoms with Crippen LogP contribution in [0, 0.1) is 11.7 Å². The minimum atomic E-state index is -0.160. The van der Waals surface area contributed by atoms with E-state index < -0.39 is 0 Å². The second-order valence-electron chi connectivity index (χ2n) is 4.96. The van der Waals surface area contributed by atoms with E-state index in [0.717, 1.165) is 11.7 Å². The third-order valence-electron chi connectivity index (χ3n) is 2.84. The Kier molecular flexibility index (Phi) is 4.64. The van der Waals surface area contributed by atoms with Gasteiger partial charge in [-0.15, -0.1) is 0 Å². The summed E-state index contributed by atoms with van der Waals surface area (Å²) in [5, 5.41) is 4.74. The summed E-state index contributed by atoms with van der Waals surface area (Å²) in [5.41, 5.74) is 0.688. The fraction of sp³-hybridized carbons (Fsp3) is 0.500. The first-order valence-corrected chi connectivity index (χ1v) is 7.21. The molecule has 1 aromatic rings. The summed E-state index contributed by atoms with van der Waals surface area (Å²) in [7, 11) is 0. The zero-order valence-corrected chi connectivity index (χ0v) is 11.6. The highest BCUT2D eigenvalue weighted by molar-refractivity contribution is 8.14. The van der Waals surface area contributed by atoms with Gasteiger partial charge in [-0.2, -0.15) is 0 Å². The van der Waals surface area contributed by atoms with Gasteiger partial charge in [0, 0.05) is 17.4 Å². The van der Waals surface area contributed by atoms with Gasteiger partial charge in [-0.05, 0) is 18.4 Å². The quantitative estimate of drug-likeness (QED) is 0.903. The van der Waals surface area contributed by atoms with Crippen LogP contribution in [0.5, 0.6) is 0 Å². The Hall–Kier alpha value is -1.03. The molecule has 0 aromatic heterocycles. The molecule has 4 heteroatoms. The van der Waals surface area contributed by atoms with E-state index in [0.29, 0.717) is 23.3 Å². The molecular formula is C14H19FN2S. The van der Waals surface area contributed by atoms with Crippen molar-refractivity contribution in [3.63, 3.8) is 0 Å². The highest BCUT2D eigenvalue weighted by atomic mass is 32.2. The predicted molar refractivity (Wildman–Crippen MR) is 76.4 cm³/mol. The molecule has 98 valence electrons. The summed E-state index contributed by atoms with van der Waals surface area (Å²) < 4.78 is 13.4. The number of benzene rings is 1. The smallest absolute Gasteiger partial charge is 0.157 e. The van der Waals surface area contributed by atoms with Crippen molar-refractivity contribution in [1.82, 2.24) is 5.32 Å². The number of thioether (sulfide) groups is 1. The molecule has 1 N–H and O–H groups in total. The average Bonchev–Trinajstić information content (AvgIpc) is 2.75. The third kappa shape index (κ3) is 3.73. The van der Waals surface area contributed by atoms with E-state index in [4.69, 9.17) is 0 Å². The van der Waals surface area contributed by atoms with Crippen molar-refractivity contribution < 1.29 is 4.39 Å². The van der Waals surface area contributed by atoms with Crippen LogP contribution in [0.1, 0.15) is 25.8 Å². The number of amidine groups is 1. The Morgan fingerprint density at radius 2 is 2.22 bits per heavy atom. The summed E-state index contributed by atoms with van der Waals surface area (Å²) in [6, 6.07) is 6.85. The van der Waals surface area contributed by atoms with Crippen LogP contribution in [0.25, 0.3) is 0 Å². The van der Waals surface area contributed by atoms with Gasteiger partial charge in [0.1, 0.15) is 5.82 Å². The van der Waals surface area contributed by atoms with E-state index in [2.05, 4.69) is 24.2 Å². The van der Waals surface area contributed by atoms with E-state index in [1.165, 1.54) is 12.5 Å². The molecule has 1 aliphatic rings. The summed E-state index contributed by atoms with van der Waals surface area (Å²) in [5.74, 6) is 0.538. The van der Waals surface area contributed by atoms with Crippen LogP contribution in [0.2, 0.25) is 0 Å².